The van der Waals surface area contributed by atoms with Crippen molar-refractivity contribution in [2.24, 2.45) is 0 Å². The van der Waals surface area contributed by atoms with Gasteiger partial charge in [0.1, 0.15) is 5.82 Å². The molecule has 1 aromatic rings. The van der Waals surface area contributed by atoms with Gasteiger partial charge in [-0.2, -0.15) is 0 Å². The molecule has 0 atom stereocenters. The fraction of sp³-hybridized carbons (Fsp3) is 0.222. The zero-order valence-corrected chi connectivity index (χ0v) is 8.69. The zero-order chi connectivity index (χ0) is 9.84. The molecule has 13 heavy (non-hydrogen) atoms. The fourth-order valence-electron chi connectivity index (χ4n) is 0.885. The Kier molecular flexibility index (Phi) is 3.42. The molecule has 0 aromatic heterocycles. The Bertz CT molecular complexity index is 327. The number of halogens is 2. The van der Waals surface area contributed by atoms with E-state index in [0.29, 0.717) is 11.0 Å². The van der Waals surface area contributed by atoms with Gasteiger partial charge in [-0.3, -0.25) is 4.79 Å². The molecule has 1 amide bonds. The average Bonchev–Trinajstić information content (AvgIpc) is 2.02. The highest BCUT2D eigenvalue weighted by Crippen LogP contribution is 2.17. The maximum atomic E-state index is 12.6. The Morgan fingerprint density at radius 2 is 2.31 bits per heavy atom. The molecule has 4 heteroatoms. The molecule has 0 spiro atoms. The second-order valence-electron chi connectivity index (χ2n) is 2.65. The summed E-state index contributed by atoms with van der Waals surface area (Å²) in [5.74, 6) is -0.394. The predicted molar refractivity (Wildman–Crippen MR) is 51.6 cm³/mol. The summed E-state index contributed by atoms with van der Waals surface area (Å²) in [5.41, 5.74) is 0.858. The summed E-state index contributed by atoms with van der Waals surface area (Å²) in [6.45, 7) is 1.85. The van der Waals surface area contributed by atoms with E-state index >= 15 is 0 Å². The molecule has 0 aliphatic carbocycles. The summed E-state index contributed by atoms with van der Waals surface area (Å²) < 4.78 is 13.3. The molecule has 0 saturated heterocycles. The first-order valence-corrected chi connectivity index (χ1v) is 4.57. The number of carbonyl (C=O) groups is 1. The maximum absolute atomic E-state index is 12.6. The van der Waals surface area contributed by atoms with Gasteiger partial charge in [0, 0.05) is 17.9 Å². The number of carbonyl (C=O) groups excluding carboxylic acids is 1. The van der Waals surface area contributed by atoms with Crippen LogP contribution in [0.15, 0.2) is 22.7 Å². The van der Waals surface area contributed by atoms with Crippen molar-refractivity contribution >= 4 is 21.8 Å². The average molecular weight is 246 g/mol. The van der Waals surface area contributed by atoms with Crippen LogP contribution in [0, 0.1) is 5.82 Å². The summed E-state index contributed by atoms with van der Waals surface area (Å²) in [7, 11) is 0. The molecule has 0 heterocycles. The minimum absolute atomic E-state index is 0.101. The van der Waals surface area contributed by atoms with Gasteiger partial charge in [-0.05, 0) is 17.7 Å². The Morgan fingerprint density at radius 3 is 2.85 bits per heavy atom. The van der Waals surface area contributed by atoms with Gasteiger partial charge in [0.05, 0.1) is 0 Å². The van der Waals surface area contributed by atoms with E-state index in [1.165, 1.54) is 19.1 Å². The third kappa shape index (κ3) is 3.14. The summed E-state index contributed by atoms with van der Waals surface area (Å²) in [5, 5.41) is 2.63. The van der Waals surface area contributed by atoms with E-state index in [9.17, 15) is 9.18 Å². The first-order valence-electron chi connectivity index (χ1n) is 3.78. The van der Waals surface area contributed by atoms with Crippen LogP contribution in [0.4, 0.5) is 4.39 Å². The largest absolute Gasteiger partial charge is 0.352 e. The lowest BCUT2D eigenvalue weighted by Crippen LogP contribution is -2.19. The van der Waals surface area contributed by atoms with Crippen LogP contribution in [0.3, 0.4) is 0 Å². The molecule has 0 bridgehead atoms. The Morgan fingerprint density at radius 1 is 1.62 bits per heavy atom. The van der Waals surface area contributed by atoms with Crippen molar-refractivity contribution in [1.29, 1.82) is 0 Å². The molecule has 70 valence electrons. The van der Waals surface area contributed by atoms with Crippen molar-refractivity contribution in [1.82, 2.24) is 5.32 Å². The van der Waals surface area contributed by atoms with Crippen molar-refractivity contribution in [3.05, 3.63) is 34.1 Å². The summed E-state index contributed by atoms with van der Waals surface area (Å²) >= 11 is 3.21. The minimum atomic E-state index is -0.293. The molecule has 2 nitrogen and oxygen atoms in total. The normalized spacial score (nSPS) is 9.77. The van der Waals surface area contributed by atoms with Gasteiger partial charge in [0.15, 0.2) is 0 Å². The maximum Gasteiger partial charge on any atom is 0.217 e. The number of benzene rings is 1. The first-order chi connectivity index (χ1) is 6.09. The van der Waals surface area contributed by atoms with Crippen LogP contribution in [-0.4, -0.2) is 5.91 Å². The smallest absolute Gasteiger partial charge is 0.217 e. The number of nitrogens with one attached hydrogen (secondary N) is 1. The molecule has 0 aliphatic rings. The van der Waals surface area contributed by atoms with Crippen molar-refractivity contribution < 1.29 is 9.18 Å². The van der Waals surface area contributed by atoms with Crippen LogP contribution in [0.2, 0.25) is 0 Å². The highest BCUT2D eigenvalue weighted by Gasteiger charge is 2.01. The highest BCUT2D eigenvalue weighted by molar-refractivity contribution is 9.10. The molecule has 0 saturated carbocycles. The number of hydrogen-bond acceptors (Lipinski definition) is 1. The Labute approximate surface area is 84.3 Å². The van der Waals surface area contributed by atoms with Crippen molar-refractivity contribution in [2.75, 3.05) is 0 Å². The zero-order valence-electron chi connectivity index (χ0n) is 7.10. The molecular formula is C9H9BrFNO. The van der Waals surface area contributed by atoms with Crippen LogP contribution in [0.1, 0.15) is 12.5 Å². The fourth-order valence-corrected chi connectivity index (χ4v) is 1.38. The minimum Gasteiger partial charge on any atom is -0.352 e. The van der Waals surface area contributed by atoms with E-state index in [0.717, 1.165) is 5.56 Å². The van der Waals surface area contributed by atoms with Gasteiger partial charge in [0.25, 0.3) is 0 Å². The SMILES string of the molecule is CC(=O)NCc1ccc(F)cc1Br. The van der Waals surface area contributed by atoms with Gasteiger partial charge in [-0.15, -0.1) is 0 Å². The predicted octanol–water partition coefficient (Wildman–Crippen LogP) is 2.22. The standard InChI is InChI=1S/C9H9BrFNO/c1-6(13)12-5-7-2-3-8(11)4-9(7)10/h2-4H,5H2,1H3,(H,12,13). The quantitative estimate of drug-likeness (QED) is 0.851. The molecule has 0 unspecified atom stereocenters. The molecule has 0 radical (unpaired) electrons. The summed E-state index contributed by atoms with van der Waals surface area (Å²) in [6, 6.07) is 4.37. The van der Waals surface area contributed by atoms with Gasteiger partial charge in [-0.1, -0.05) is 22.0 Å². The number of rotatable bonds is 2. The Balaban J connectivity index is 2.72. The van der Waals surface area contributed by atoms with E-state index in [2.05, 4.69) is 21.2 Å². The van der Waals surface area contributed by atoms with Gasteiger partial charge in [-0.25, -0.2) is 4.39 Å². The molecule has 1 aromatic carbocycles. The third-order valence-electron chi connectivity index (χ3n) is 1.54. The van der Waals surface area contributed by atoms with Gasteiger partial charge >= 0.3 is 0 Å². The van der Waals surface area contributed by atoms with Crippen molar-refractivity contribution in [3.63, 3.8) is 0 Å². The molecule has 0 fully saturated rings. The topological polar surface area (TPSA) is 29.1 Å². The number of amides is 1. The molecule has 1 rings (SSSR count). The van der Waals surface area contributed by atoms with Gasteiger partial charge in [0.2, 0.25) is 5.91 Å². The van der Waals surface area contributed by atoms with Crippen LogP contribution in [-0.2, 0) is 11.3 Å². The monoisotopic (exact) mass is 245 g/mol. The van der Waals surface area contributed by atoms with E-state index in [-0.39, 0.29) is 11.7 Å². The molecule has 0 aliphatic heterocycles. The van der Waals surface area contributed by atoms with Crippen molar-refractivity contribution in [3.8, 4) is 0 Å². The lowest BCUT2D eigenvalue weighted by Gasteiger charge is -2.04. The second-order valence-corrected chi connectivity index (χ2v) is 3.50. The summed E-state index contributed by atoms with van der Waals surface area (Å²) in [4.78, 5) is 10.6. The highest BCUT2D eigenvalue weighted by atomic mass is 79.9. The van der Waals surface area contributed by atoms with Crippen LogP contribution in [0.5, 0.6) is 0 Å². The van der Waals surface area contributed by atoms with E-state index in [4.69, 9.17) is 0 Å². The van der Waals surface area contributed by atoms with Crippen LogP contribution >= 0.6 is 15.9 Å². The van der Waals surface area contributed by atoms with Crippen molar-refractivity contribution in [2.45, 2.75) is 13.5 Å². The van der Waals surface area contributed by atoms with Gasteiger partial charge < -0.3 is 5.32 Å². The lowest BCUT2D eigenvalue weighted by molar-refractivity contribution is -0.119. The lowest BCUT2D eigenvalue weighted by atomic mass is 10.2. The Hall–Kier alpha value is -0.900. The van der Waals surface area contributed by atoms with E-state index in [1.807, 2.05) is 0 Å². The van der Waals surface area contributed by atoms with Crippen LogP contribution in [0.25, 0.3) is 0 Å². The van der Waals surface area contributed by atoms with Crippen LogP contribution < -0.4 is 5.32 Å². The molecule has 1 N–H and O–H groups in total. The summed E-state index contributed by atoms with van der Waals surface area (Å²) in [6.07, 6.45) is 0. The third-order valence-corrected chi connectivity index (χ3v) is 2.28. The van der Waals surface area contributed by atoms with E-state index < -0.39 is 0 Å². The second kappa shape index (κ2) is 4.37. The first kappa shape index (κ1) is 10.2. The van der Waals surface area contributed by atoms with E-state index in [1.54, 1.807) is 6.07 Å². The molecular weight excluding hydrogens is 237 g/mol. The number of hydrogen-bond donors (Lipinski definition) is 1.